The van der Waals surface area contributed by atoms with Gasteiger partial charge in [-0.05, 0) is 86.8 Å². The zero-order valence-electron chi connectivity index (χ0n) is 28.5. The van der Waals surface area contributed by atoms with E-state index in [1.54, 1.807) is 0 Å². The van der Waals surface area contributed by atoms with Gasteiger partial charge in [0.05, 0.1) is 26.8 Å². The molecule has 12 aromatic rings. The lowest BCUT2D eigenvalue weighted by Crippen LogP contribution is -1.97. The molecule has 0 radical (unpaired) electrons. The van der Waals surface area contributed by atoms with Gasteiger partial charge in [-0.15, -0.1) is 11.3 Å². The van der Waals surface area contributed by atoms with E-state index in [0.717, 1.165) is 11.4 Å². The molecule has 244 valence electrons. The molecule has 0 fully saturated rings. The fourth-order valence-corrected chi connectivity index (χ4v) is 11.0. The summed E-state index contributed by atoms with van der Waals surface area (Å²) in [6.45, 7) is 0. The Labute approximate surface area is 308 Å². The van der Waals surface area contributed by atoms with Gasteiger partial charge in [0.25, 0.3) is 0 Å². The number of hydrogen-bond acceptors (Lipinski definition) is 1. The third kappa shape index (κ3) is 3.48. The van der Waals surface area contributed by atoms with Gasteiger partial charge in [-0.1, -0.05) is 121 Å². The van der Waals surface area contributed by atoms with E-state index in [2.05, 4.69) is 179 Å². The molecule has 0 spiro atoms. The average Bonchev–Trinajstić information content (AvgIpc) is 3.96. The number of hydrogen-bond donors (Lipinski definition) is 0. The van der Waals surface area contributed by atoms with Gasteiger partial charge in [-0.25, -0.2) is 0 Å². The average molecular weight is 689 g/mol. The van der Waals surface area contributed by atoms with Gasteiger partial charge in [0.1, 0.15) is 0 Å². The molecule has 1 aliphatic carbocycles. The van der Waals surface area contributed by atoms with Gasteiger partial charge in [-0.2, -0.15) is 0 Å². The van der Waals surface area contributed by atoms with Crippen molar-refractivity contribution >= 4 is 96.7 Å². The number of rotatable bonds is 2. The number of benzene rings is 9. The first-order valence-corrected chi connectivity index (χ1v) is 19.1. The molecule has 3 heterocycles. The molecule has 1 aliphatic rings. The molecular weight excluding hydrogens is 661 g/mol. The minimum Gasteiger partial charge on any atom is -0.309 e. The predicted molar refractivity (Wildman–Crippen MR) is 227 cm³/mol. The van der Waals surface area contributed by atoms with Gasteiger partial charge in [0.2, 0.25) is 0 Å². The number of nitrogens with zero attached hydrogens (tertiary/aromatic N) is 2. The van der Waals surface area contributed by atoms with Crippen molar-refractivity contribution in [2.45, 2.75) is 0 Å². The Morgan fingerprint density at radius 1 is 0.340 bits per heavy atom. The highest BCUT2D eigenvalue weighted by molar-refractivity contribution is 7.27. The van der Waals surface area contributed by atoms with Crippen molar-refractivity contribution in [1.82, 2.24) is 9.13 Å². The molecule has 0 saturated carbocycles. The number of para-hydroxylation sites is 2. The maximum Gasteiger partial charge on any atom is 0.0726 e. The van der Waals surface area contributed by atoms with Crippen molar-refractivity contribution in [2.24, 2.45) is 0 Å². The third-order valence-electron chi connectivity index (χ3n) is 11.8. The van der Waals surface area contributed by atoms with Crippen LogP contribution in [0.1, 0.15) is 0 Å². The van der Waals surface area contributed by atoms with Gasteiger partial charge in [-0.3, -0.25) is 0 Å². The lowest BCUT2D eigenvalue weighted by atomic mass is 9.98. The van der Waals surface area contributed by atoms with Crippen LogP contribution in [0.15, 0.2) is 170 Å². The Bertz CT molecular complexity index is 3550. The lowest BCUT2D eigenvalue weighted by Gasteiger charge is -2.13. The van der Waals surface area contributed by atoms with Crippen LogP contribution in [0.25, 0.3) is 119 Å². The van der Waals surface area contributed by atoms with Crippen molar-refractivity contribution < 1.29 is 0 Å². The Morgan fingerprint density at radius 2 is 0.925 bits per heavy atom. The van der Waals surface area contributed by atoms with Gasteiger partial charge in [0.15, 0.2) is 0 Å². The van der Waals surface area contributed by atoms with Crippen molar-refractivity contribution in [3.05, 3.63) is 170 Å². The van der Waals surface area contributed by atoms with Gasteiger partial charge < -0.3 is 9.13 Å². The van der Waals surface area contributed by atoms with Crippen LogP contribution < -0.4 is 0 Å². The van der Waals surface area contributed by atoms with Crippen LogP contribution in [0.5, 0.6) is 0 Å². The van der Waals surface area contributed by atoms with Crippen molar-refractivity contribution in [1.29, 1.82) is 0 Å². The molecular formula is C50H28N2S. The van der Waals surface area contributed by atoms with Crippen molar-refractivity contribution in [3.63, 3.8) is 0 Å². The Morgan fingerprint density at radius 3 is 1.68 bits per heavy atom. The fraction of sp³-hybridized carbons (Fsp3) is 0. The first-order valence-electron chi connectivity index (χ1n) is 18.3. The molecule has 0 amide bonds. The zero-order valence-corrected chi connectivity index (χ0v) is 29.3. The van der Waals surface area contributed by atoms with E-state index < -0.39 is 0 Å². The van der Waals surface area contributed by atoms with E-state index in [1.165, 1.54) is 108 Å². The fourth-order valence-electron chi connectivity index (χ4n) is 9.76. The second-order valence-corrected chi connectivity index (χ2v) is 15.4. The molecule has 0 N–H and O–H groups in total. The lowest BCUT2D eigenvalue weighted by molar-refractivity contribution is 1.15. The van der Waals surface area contributed by atoms with E-state index >= 15 is 0 Å². The maximum absolute atomic E-state index is 2.51. The summed E-state index contributed by atoms with van der Waals surface area (Å²) in [6.07, 6.45) is 0. The Hall–Kier alpha value is -6.68. The summed E-state index contributed by atoms with van der Waals surface area (Å²) >= 11 is 1.91. The van der Waals surface area contributed by atoms with Crippen LogP contribution in [0.3, 0.4) is 0 Å². The molecule has 2 nitrogen and oxygen atoms in total. The predicted octanol–water partition coefficient (Wildman–Crippen LogP) is 14.2. The van der Waals surface area contributed by atoms with Gasteiger partial charge in [0, 0.05) is 54.0 Å². The quantitative estimate of drug-likeness (QED) is 0.171. The maximum atomic E-state index is 2.51. The Balaban J connectivity index is 1.08. The number of fused-ring (bicyclic) bond motifs is 17. The molecule has 53 heavy (non-hydrogen) atoms. The van der Waals surface area contributed by atoms with Crippen LogP contribution in [0.4, 0.5) is 0 Å². The molecule has 3 aromatic heterocycles. The molecule has 0 atom stereocenters. The second-order valence-electron chi connectivity index (χ2n) is 14.4. The first kappa shape index (κ1) is 28.0. The SMILES string of the molecule is c1cc2c3c(cccc3c1)-c1c-2ccc2c1c1ccccc1n2-c1ccc(-n2c3ccccc3c3c4ccccc4c4c5ccccc5sc4c32)cc1. The highest BCUT2D eigenvalue weighted by atomic mass is 32.1. The molecule has 0 unspecified atom stereocenters. The van der Waals surface area contributed by atoms with Crippen LogP contribution in [0, 0.1) is 0 Å². The molecule has 13 rings (SSSR count). The van der Waals surface area contributed by atoms with E-state index in [4.69, 9.17) is 0 Å². The van der Waals surface area contributed by atoms with Crippen molar-refractivity contribution in [3.8, 4) is 33.6 Å². The second kappa shape index (κ2) is 10.0. The molecule has 0 aliphatic heterocycles. The minimum absolute atomic E-state index is 1.16. The van der Waals surface area contributed by atoms with Crippen molar-refractivity contribution in [2.75, 3.05) is 0 Å². The van der Waals surface area contributed by atoms with Gasteiger partial charge >= 0.3 is 0 Å². The number of thiophene rings is 1. The van der Waals surface area contributed by atoms with Crippen LogP contribution >= 0.6 is 11.3 Å². The topological polar surface area (TPSA) is 9.86 Å². The summed E-state index contributed by atoms with van der Waals surface area (Å²) in [4.78, 5) is 0. The van der Waals surface area contributed by atoms with Crippen LogP contribution in [-0.4, -0.2) is 9.13 Å². The first-order chi connectivity index (χ1) is 26.3. The summed E-state index contributed by atoms with van der Waals surface area (Å²) in [6, 6.07) is 63.1. The smallest absolute Gasteiger partial charge is 0.0726 e. The van der Waals surface area contributed by atoms with Crippen LogP contribution in [-0.2, 0) is 0 Å². The zero-order chi connectivity index (χ0) is 34.4. The number of aromatic nitrogens is 2. The van der Waals surface area contributed by atoms with E-state index in [1.807, 2.05) is 11.3 Å². The largest absolute Gasteiger partial charge is 0.309 e. The summed E-state index contributed by atoms with van der Waals surface area (Å²) in [7, 11) is 0. The molecule has 9 aromatic carbocycles. The highest BCUT2D eigenvalue weighted by Gasteiger charge is 2.27. The molecule has 0 saturated heterocycles. The monoisotopic (exact) mass is 688 g/mol. The summed E-state index contributed by atoms with van der Waals surface area (Å²) in [5.74, 6) is 0. The summed E-state index contributed by atoms with van der Waals surface area (Å²) in [5, 5.41) is 13.2. The van der Waals surface area contributed by atoms with E-state index in [9.17, 15) is 0 Å². The third-order valence-corrected chi connectivity index (χ3v) is 13.0. The standard InChI is InChI=1S/C50H28N2S/c1-2-14-34-33(13-1)46-36-15-3-7-21-41(36)52(49(46)50-47(34)38-17-5-8-22-43(38)53-50)31-25-23-30(24-26-31)51-40-20-6-4-16-37(40)48-42(51)28-27-35-32-18-9-11-29-12-10-19-39(44(29)32)45(35)48/h1-28H. The van der Waals surface area contributed by atoms with E-state index in [-0.39, 0.29) is 0 Å². The minimum atomic E-state index is 1.16. The van der Waals surface area contributed by atoms with E-state index in [0.29, 0.717) is 0 Å². The Kier molecular flexibility index (Phi) is 5.28. The normalized spacial score (nSPS) is 12.5. The highest BCUT2D eigenvalue weighted by Crippen LogP contribution is 2.52. The summed E-state index contributed by atoms with van der Waals surface area (Å²) < 4.78 is 7.63. The van der Waals surface area contributed by atoms with Crippen LogP contribution in [0.2, 0.25) is 0 Å². The summed E-state index contributed by atoms with van der Waals surface area (Å²) in [5.41, 5.74) is 12.7. The molecule has 3 heteroatoms. The molecule has 0 bridgehead atoms.